The highest BCUT2D eigenvalue weighted by Crippen LogP contribution is 2.41. The number of nitrogens with zero attached hydrogens (tertiary/aromatic N) is 4. The van der Waals surface area contributed by atoms with Crippen LogP contribution >= 0.6 is 0 Å². The van der Waals surface area contributed by atoms with Gasteiger partial charge < -0.3 is 41.6 Å². The summed E-state index contributed by atoms with van der Waals surface area (Å²) < 4.78 is 17.9. The zero-order valence-electron chi connectivity index (χ0n) is 39.6. The highest BCUT2D eigenvalue weighted by molar-refractivity contribution is 6.01. The van der Waals surface area contributed by atoms with Crippen molar-refractivity contribution in [3.63, 3.8) is 0 Å². The van der Waals surface area contributed by atoms with E-state index in [1.165, 1.54) is 11.9 Å². The zero-order valence-corrected chi connectivity index (χ0v) is 39.6. The smallest absolute Gasteiger partial charge is 0.226 e. The van der Waals surface area contributed by atoms with E-state index in [2.05, 4.69) is 5.32 Å². The summed E-state index contributed by atoms with van der Waals surface area (Å²) >= 11 is 0. The fourth-order valence-corrected chi connectivity index (χ4v) is 8.35. The molecule has 3 aromatic carbocycles. The van der Waals surface area contributed by atoms with Gasteiger partial charge in [-0.15, -0.1) is 0 Å². The molecule has 67 heavy (non-hydrogen) atoms. The third-order valence-corrected chi connectivity index (χ3v) is 12.2. The van der Waals surface area contributed by atoms with E-state index in [1.54, 1.807) is 58.2 Å². The second kappa shape index (κ2) is 23.4. The minimum absolute atomic E-state index is 0.0349. The van der Waals surface area contributed by atoms with Gasteiger partial charge in [0, 0.05) is 81.5 Å². The Bertz CT molecular complexity index is 2460. The Balaban J connectivity index is 1.56. The minimum atomic E-state index is -1.25. The Morgan fingerprint density at radius 1 is 0.896 bits per heavy atom. The first kappa shape index (κ1) is 51.6. The first-order valence-corrected chi connectivity index (χ1v) is 22.6. The molecule has 4 atom stereocenters. The molecule has 4 bridgehead atoms. The molecule has 0 saturated carbocycles. The predicted molar refractivity (Wildman–Crippen MR) is 254 cm³/mol. The van der Waals surface area contributed by atoms with Gasteiger partial charge in [-0.25, -0.2) is 9.97 Å². The number of carbonyl (C=O) groups excluding carboxylic acids is 5. The zero-order chi connectivity index (χ0) is 49.0. The van der Waals surface area contributed by atoms with Gasteiger partial charge in [0.05, 0.1) is 34.7 Å². The summed E-state index contributed by atoms with van der Waals surface area (Å²) in [5.74, 6) is -2.79. The number of likely N-dealkylation sites (N-methyl/N-ethyl adjacent to an activating group) is 1. The fraction of sp³-hybridized carbons (Fsp3) is 0.451. The van der Waals surface area contributed by atoms with Crippen LogP contribution in [0.2, 0.25) is 0 Å². The molecule has 1 aromatic heterocycles. The number of rotatable bonds is 19. The van der Waals surface area contributed by atoms with E-state index in [9.17, 15) is 29.2 Å². The van der Waals surface area contributed by atoms with Crippen LogP contribution in [0.3, 0.4) is 0 Å². The van der Waals surface area contributed by atoms with Crippen molar-refractivity contribution in [2.45, 2.75) is 90.8 Å². The van der Waals surface area contributed by atoms with Crippen LogP contribution in [0.25, 0.3) is 22.5 Å². The normalized spacial score (nSPS) is 16.8. The number of Topliss-reactive ketones (excluding diaryl/α,β-unsaturated/α-hetero) is 3. The van der Waals surface area contributed by atoms with Crippen molar-refractivity contribution in [3.8, 4) is 40.1 Å². The number of nitriles is 1. The topological polar surface area (TPSA) is 256 Å². The second-order valence-electron chi connectivity index (χ2n) is 17.5. The Labute approximate surface area is 392 Å². The van der Waals surface area contributed by atoms with Crippen molar-refractivity contribution >= 4 is 29.2 Å². The summed E-state index contributed by atoms with van der Waals surface area (Å²) in [7, 11) is 3.15. The number of hydrogen-bond donors (Lipinski definition) is 4. The largest absolute Gasteiger partial charge is 0.492 e. The van der Waals surface area contributed by atoms with E-state index in [0.717, 1.165) is 11.1 Å². The van der Waals surface area contributed by atoms with Crippen LogP contribution < -0.4 is 32.0 Å². The molecule has 1 aliphatic rings. The predicted octanol–water partition coefficient (Wildman–Crippen LogP) is 5.23. The molecule has 2 heterocycles. The van der Waals surface area contributed by atoms with Crippen molar-refractivity contribution in [1.82, 2.24) is 20.2 Å². The number of fused-ring (bicyclic) bond motifs is 5. The molecular weight excluding hydrogens is 853 g/mol. The minimum Gasteiger partial charge on any atom is -0.492 e. The van der Waals surface area contributed by atoms with Crippen LogP contribution in [0.5, 0.6) is 11.5 Å². The molecule has 0 fully saturated rings. The highest BCUT2D eigenvalue weighted by Gasteiger charge is 2.37. The van der Waals surface area contributed by atoms with Gasteiger partial charge in [-0.1, -0.05) is 43.3 Å². The average molecular weight is 917 g/mol. The molecule has 1 aliphatic heterocycles. The number of nitrogens with two attached hydrogens (primary N) is 3. The van der Waals surface area contributed by atoms with Crippen LogP contribution in [-0.4, -0.2) is 97.1 Å². The Morgan fingerprint density at radius 3 is 2.09 bits per heavy atom. The molecule has 0 radical (unpaired) electrons. The van der Waals surface area contributed by atoms with Crippen LogP contribution in [0.15, 0.2) is 60.7 Å². The summed E-state index contributed by atoms with van der Waals surface area (Å²) in [5, 5.41) is 12.1. The molecule has 16 nitrogen and oxygen atoms in total. The molecule has 16 heteroatoms. The SMILES string of the molecule is COC(C)(C)c1ccc(-c2nc(C)c(C(=O)C[C@@H](CCN)C(=O)N(C)[C@@H]3C(=O)C[C@@H](C)C(=O)N[C@H](C(=O)CCC#N)Cc4ccc(OCCN)c(c4)-c4cc3ccc4OCCN)c(C)n2)cc1. The second-order valence-corrected chi connectivity index (χ2v) is 17.5. The fourth-order valence-electron chi connectivity index (χ4n) is 8.35. The lowest BCUT2D eigenvalue weighted by Gasteiger charge is -2.32. The number of amides is 2. The van der Waals surface area contributed by atoms with Crippen molar-refractivity contribution < 1.29 is 38.2 Å². The molecule has 356 valence electrons. The van der Waals surface area contributed by atoms with Gasteiger partial charge in [-0.3, -0.25) is 24.0 Å². The lowest BCUT2D eigenvalue weighted by atomic mass is 9.88. The maximum absolute atomic E-state index is 14.8. The molecular formula is C51H64N8O8. The molecule has 5 rings (SSSR count). The number of benzene rings is 3. The van der Waals surface area contributed by atoms with Gasteiger partial charge in [0.15, 0.2) is 23.2 Å². The Kier molecular flexibility index (Phi) is 18.0. The summed E-state index contributed by atoms with van der Waals surface area (Å²) in [5.41, 5.74) is 22.4. The number of methoxy groups -OCH3 is 1. The molecule has 0 saturated heterocycles. The van der Waals surface area contributed by atoms with E-state index in [4.69, 9.17) is 41.4 Å². The number of ketones is 3. The van der Waals surface area contributed by atoms with Gasteiger partial charge in [0.1, 0.15) is 30.8 Å². The molecule has 0 aliphatic carbocycles. The summed E-state index contributed by atoms with van der Waals surface area (Å²) in [4.78, 5) is 81.9. The van der Waals surface area contributed by atoms with Crippen LogP contribution in [0.4, 0.5) is 0 Å². The number of ether oxygens (including phenoxy) is 3. The summed E-state index contributed by atoms with van der Waals surface area (Å²) in [6.45, 7) is 9.81. The number of hydrogen-bond acceptors (Lipinski definition) is 14. The number of aromatic nitrogens is 2. The van der Waals surface area contributed by atoms with Crippen LogP contribution in [-0.2, 0) is 35.9 Å². The van der Waals surface area contributed by atoms with Crippen molar-refractivity contribution in [1.29, 1.82) is 5.26 Å². The lowest BCUT2D eigenvalue weighted by molar-refractivity contribution is -0.142. The third kappa shape index (κ3) is 12.5. The quantitative estimate of drug-likeness (QED) is 0.0879. The standard InChI is InChI=1S/C51H64N8O8/c1-30-25-43(62)47(59(6)50(64)36(18-20-53)29-42(61)46-31(2)56-48(57-32(46)3)34-11-14-37(15-12-34)51(4,5)65-7)35-13-17-45(67-24-22-55)39(28-35)38-26-33(10-16-44(38)66-23-21-54)27-40(58-49(30)63)41(60)9-8-19-52/h10-17,26,28,30,36,40,47H,8-9,18,20-25,27,29,53-55H2,1-7H3,(H,58,63)/t30-,36-,40+,47+/m1/s1. The molecule has 2 amide bonds. The molecule has 7 N–H and O–H groups in total. The molecule has 0 spiro atoms. The third-order valence-electron chi connectivity index (χ3n) is 12.2. The van der Waals surface area contributed by atoms with Gasteiger partial charge in [-0.2, -0.15) is 5.26 Å². The first-order chi connectivity index (χ1) is 32.0. The summed E-state index contributed by atoms with van der Waals surface area (Å²) in [6, 6.07) is 17.9. The van der Waals surface area contributed by atoms with E-state index >= 15 is 0 Å². The van der Waals surface area contributed by atoms with Gasteiger partial charge in [0.25, 0.3) is 0 Å². The average Bonchev–Trinajstić information content (AvgIpc) is 3.31. The number of nitrogens with one attached hydrogen (secondary N) is 1. The van der Waals surface area contributed by atoms with Gasteiger partial charge in [0.2, 0.25) is 11.8 Å². The highest BCUT2D eigenvalue weighted by atomic mass is 16.5. The van der Waals surface area contributed by atoms with Gasteiger partial charge in [-0.05, 0) is 88.0 Å². The number of aryl methyl sites for hydroxylation is 2. The monoisotopic (exact) mass is 916 g/mol. The van der Waals surface area contributed by atoms with E-state index < -0.39 is 47.1 Å². The molecule has 0 unspecified atom stereocenters. The first-order valence-electron chi connectivity index (χ1n) is 22.6. The maximum Gasteiger partial charge on any atom is 0.226 e. The van der Waals surface area contributed by atoms with E-state index in [1.807, 2.05) is 50.2 Å². The van der Waals surface area contributed by atoms with Crippen LogP contribution in [0.1, 0.15) is 97.4 Å². The van der Waals surface area contributed by atoms with Crippen molar-refractivity contribution in [2.75, 3.05) is 47.0 Å². The van der Waals surface area contributed by atoms with Crippen molar-refractivity contribution in [3.05, 3.63) is 94.3 Å². The van der Waals surface area contributed by atoms with Crippen LogP contribution in [0, 0.1) is 37.0 Å². The van der Waals surface area contributed by atoms with E-state index in [-0.39, 0.29) is 82.9 Å². The number of carbonyl (C=O) groups is 5. The Morgan fingerprint density at radius 2 is 1.51 bits per heavy atom. The van der Waals surface area contributed by atoms with Gasteiger partial charge >= 0.3 is 0 Å². The Hall–Kier alpha value is -6.38. The van der Waals surface area contributed by atoms with Crippen molar-refractivity contribution in [2.24, 2.45) is 29.0 Å². The molecule has 4 aromatic rings. The summed E-state index contributed by atoms with van der Waals surface area (Å²) in [6.07, 6.45) is -0.439. The maximum atomic E-state index is 14.8. The van der Waals surface area contributed by atoms with E-state index in [0.29, 0.717) is 56.5 Å². The lowest BCUT2D eigenvalue weighted by Crippen LogP contribution is -2.46.